The highest BCUT2D eigenvalue weighted by molar-refractivity contribution is 9.10. The number of hydroxylamine groups is 1. The largest absolute Gasteiger partial charge is 0.323 e. The molecule has 1 aliphatic rings. The van der Waals surface area contributed by atoms with Crippen LogP contribution in [0.4, 0.5) is 5.69 Å². The van der Waals surface area contributed by atoms with Crippen molar-refractivity contribution in [2.24, 2.45) is 5.92 Å². The molecule has 0 aliphatic carbocycles. The van der Waals surface area contributed by atoms with Crippen LogP contribution in [-0.4, -0.2) is 11.5 Å². The predicted octanol–water partition coefficient (Wildman–Crippen LogP) is 2.83. The number of halogens is 1. The number of amides is 1. The van der Waals surface area contributed by atoms with Gasteiger partial charge in [0.15, 0.2) is 5.60 Å². The molecule has 4 nitrogen and oxygen atoms in total. The van der Waals surface area contributed by atoms with Crippen LogP contribution >= 0.6 is 15.9 Å². The topological polar surface area (TPSA) is 50.4 Å². The molecular weight excluding hydrogens is 296 g/mol. The highest BCUT2D eigenvalue weighted by Gasteiger charge is 2.43. The predicted molar refractivity (Wildman–Crippen MR) is 73.7 cm³/mol. The van der Waals surface area contributed by atoms with Gasteiger partial charge in [0, 0.05) is 16.4 Å². The molecule has 2 N–H and O–H groups in total. The van der Waals surface area contributed by atoms with E-state index in [2.05, 4.69) is 26.7 Å². The number of hydrogen-bond acceptors (Lipinski definition) is 3. The van der Waals surface area contributed by atoms with E-state index in [9.17, 15) is 4.79 Å². The fourth-order valence-electron chi connectivity index (χ4n) is 1.78. The van der Waals surface area contributed by atoms with E-state index >= 15 is 0 Å². The number of rotatable bonds is 3. The highest BCUT2D eigenvalue weighted by atomic mass is 79.9. The Kier molecular flexibility index (Phi) is 3.73. The molecule has 18 heavy (non-hydrogen) atoms. The van der Waals surface area contributed by atoms with Gasteiger partial charge in [0.05, 0.1) is 0 Å². The highest BCUT2D eigenvalue weighted by Crippen LogP contribution is 2.28. The second-order valence-corrected chi connectivity index (χ2v) is 5.38. The number of hydrogen-bond donors (Lipinski definition) is 2. The van der Waals surface area contributed by atoms with Gasteiger partial charge in [-0.2, -0.15) is 0 Å². The maximum atomic E-state index is 12.3. The number of nitrogens with one attached hydrogen (secondary N) is 2. The summed E-state index contributed by atoms with van der Waals surface area (Å²) in [6, 6.07) is 7.42. The summed E-state index contributed by atoms with van der Waals surface area (Å²) < 4.78 is 0.970. The molecule has 0 spiro atoms. The van der Waals surface area contributed by atoms with E-state index in [0.29, 0.717) is 0 Å². The molecule has 1 aromatic rings. The second-order valence-electron chi connectivity index (χ2n) is 4.46. The van der Waals surface area contributed by atoms with Crippen LogP contribution in [0.2, 0.25) is 0 Å². The van der Waals surface area contributed by atoms with Crippen LogP contribution in [0, 0.1) is 5.92 Å². The summed E-state index contributed by atoms with van der Waals surface area (Å²) in [5.41, 5.74) is 2.41. The quantitative estimate of drug-likeness (QED) is 0.902. The maximum absolute atomic E-state index is 12.3. The van der Waals surface area contributed by atoms with Crippen molar-refractivity contribution in [2.75, 3.05) is 5.32 Å². The van der Waals surface area contributed by atoms with Crippen LogP contribution in [0.25, 0.3) is 0 Å². The number of anilines is 1. The molecule has 1 amide bonds. The Hall–Kier alpha value is -1.33. The van der Waals surface area contributed by atoms with Crippen molar-refractivity contribution in [1.29, 1.82) is 0 Å². The number of carbonyl (C=O) groups excluding carboxylic acids is 1. The summed E-state index contributed by atoms with van der Waals surface area (Å²) in [4.78, 5) is 17.7. The molecule has 1 aromatic carbocycles. The lowest BCUT2D eigenvalue weighted by molar-refractivity contribution is -0.143. The molecule has 0 fully saturated rings. The van der Waals surface area contributed by atoms with Gasteiger partial charge in [-0.1, -0.05) is 29.8 Å². The Morgan fingerprint density at radius 2 is 2.06 bits per heavy atom. The molecule has 0 saturated carbocycles. The second kappa shape index (κ2) is 5.12. The van der Waals surface area contributed by atoms with Gasteiger partial charge in [-0.25, -0.2) is 0 Å². The van der Waals surface area contributed by atoms with E-state index in [4.69, 9.17) is 4.84 Å². The van der Waals surface area contributed by atoms with E-state index in [1.165, 1.54) is 0 Å². The molecule has 2 rings (SSSR count). The SMILES string of the molecule is CC(C)C1(C(=O)Nc2ccc(Br)cc2)C=CNO1. The Morgan fingerprint density at radius 1 is 1.39 bits per heavy atom. The van der Waals surface area contributed by atoms with Gasteiger partial charge in [-0.05, 0) is 36.3 Å². The van der Waals surface area contributed by atoms with Gasteiger partial charge in [0.2, 0.25) is 0 Å². The van der Waals surface area contributed by atoms with Crippen molar-refractivity contribution in [2.45, 2.75) is 19.4 Å². The first-order chi connectivity index (χ1) is 8.54. The third kappa shape index (κ3) is 2.42. The van der Waals surface area contributed by atoms with Gasteiger partial charge in [-0.3, -0.25) is 15.1 Å². The van der Waals surface area contributed by atoms with Crippen molar-refractivity contribution in [3.05, 3.63) is 41.0 Å². The lowest BCUT2D eigenvalue weighted by atomic mass is 9.89. The Balaban J connectivity index is 2.16. The Labute approximate surface area is 114 Å². The van der Waals surface area contributed by atoms with Crippen LogP contribution in [0.5, 0.6) is 0 Å². The molecule has 0 aromatic heterocycles. The van der Waals surface area contributed by atoms with Crippen molar-refractivity contribution in [3.63, 3.8) is 0 Å². The first-order valence-electron chi connectivity index (χ1n) is 5.73. The monoisotopic (exact) mass is 310 g/mol. The van der Waals surface area contributed by atoms with E-state index in [0.717, 1.165) is 10.2 Å². The smallest absolute Gasteiger partial charge is 0.263 e. The molecule has 0 radical (unpaired) electrons. The molecule has 0 saturated heterocycles. The molecule has 1 aliphatic heterocycles. The van der Waals surface area contributed by atoms with Gasteiger partial charge < -0.3 is 5.32 Å². The van der Waals surface area contributed by atoms with Gasteiger partial charge >= 0.3 is 0 Å². The first-order valence-corrected chi connectivity index (χ1v) is 6.52. The van der Waals surface area contributed by atoms with Crippen LogP contribution < -0.4 is 10.8 Å². The summed E-state index contributed by atoms with van der Waals surface area (Å²) in [6.07, 6.45) is 3.38. The summed E-state index contributed by atoms with van der Waals surface area (Å²) in [7, 11) is 0. The van der Waals surface area contributed by atoms with E-state index < -0.39 is 5.60 Å². The normalized spacial score (nSPS) is 22.0. The zero-order valence-corrected chi connectivity index (χ0v) is 11.8. The third-order valence-corrected chi connectivity index (χ3v) is 3.47. The van der Waals surface area contributed by atoms with E-state index in [1.807, 2.05) is 38.1 Å². The van der Waals surface area contributed by atoms with Crippen LogP contribution in [0.15, 0.2) is 41.0 Å². The van der Waals surface area contributed by atoms with E-state index in [1.54, 1.807) is 12.3 Å². The van der Waals surface area contributed by atoms with Crippen molar-refractivity contribution in [1.82, 2.24) is 5.48 Å². The minimum absolute atomic E-state index is 0.0270. The molecule has 1 unspecified atom stereocenters. The first kappa shape index (κ1) is 13.1. The summed E-state index contributed by atoms with van der Waals surface area (Å²) in [6.45, 7) is 3.89. The zero-order chi connectivity index (χ0) is 13.2. The lowest BCUT2D eigenvalue weighted by Crippen LogP contribution is -2.47. The number of carbonyl (C=O) groups is 1. The van der Waals surface area contributed by atoms with Crippen molar-refractivity contribution < 1.29 is 9.63 Å². The lowest BCUT2D eigenvalue weighted by Gasteiger charge is -2.28. The molecular formula is C13H15BrN2O2. The van der Waals surface area contributed by atoms with Gasteiger partial charge in [-0.15, -0.1) is 0 Å². The molecule has 0 bridgehead atoms. The molecule has 96 valence electrons. The third-order valence-electron chi connectivity index (χ3n) is 2.94. The van der Waals surface area contributed by atoms with Gasteiger partial charge in [0.25, 0.3) is 5.91 Å². The summed E-state index contributed by atoms with van der Waals surface area (Å²) in [5, 5.41) is 2.86. The standard InChI is InChI=1S/C13H15BrN2O2/c1-9(2)13(7-8-15-18-13)12(17)16-11-5-3-10(14)4-6-11/h3-9,15H,1-2H3,(H,16,17). The molecule has 1 atom stereocenters. The summed E-state index contributed by atoms with van der Waals surface area (Å²) in [5.74, 6) is -0.153. The Morgan fingerprint density at radius 3 is 2.56 bits per heavy atom. The van der Waals surface area contributed by atoms with Crippen LogP contribution in [0.3, 0.4) is 0 Å². The molecule has 1 heterocycles. The number of benzene rings is 1. The van der Waals surface area contributed by atoms with Crippen molar-refractivity contribution >= 4 is 27.5 Å². The van der Waals surface area contributed by atoms with Crippen molar-refractivity contribution in [3.8, 4) is 0 Å². The van der Waals surface area contributed by atoms with Gasteiger partial charge in [0.1, 0.15) is 0 Å². The molecule has 5 heteroatoms. The zero-order valence-electron chi connectivity index (χ0n) is 10.2. The summed E-state index contributed by atoms with van der Waals surface area (Å²) >= 11 is 3.35. The fourth-order valence-corrected chi connectivity index (χ4v) is 2.04. The van der Waals surface area contributed by atoms with E-state index in [-0.39, 0.29) is 11.8 Å². The van der Waals surface area contributed by atoms with Crippen LogP contribution in [0.1, 0.15) is 13.8 Å². The average molecular weight is 311 g/mol. The Bertz CT molecular complexity index is 470. The average Bonchev–Trinajstić information content (AvgIpc) is 2.82. The maximum Gasteiger partial charge on any atom is 0.263 e. The van der Waals surface area contributed by atoms with Crippen LogP contribution in [-0.2, 0) is 9.63 Å². The fraction of sp³-hybridized carbons (Fsp3) is 0.308. The minimum Gasteiger partial charge on any atom is -0.323 e. The minimum atomic E-state index is -0.951.